The quantitative estimate of drug-likeness (QED) is 0.472. The molecule has 1 atom stereocenters. The number of aliphatic hydroxyl groups is 1. The number of nitrogens with zero attached hydrogens (tertiary/aromatic N) is 1. The summed E-state index contributed by atoms with van der Waals surface area (Å²) in [6.07, 6.45) is 1.90. The molecule has 1 unspecified atom stereocenters. The van der Waals surface area contributed by atoms with Crippen molar-refractivity contribution in [2.45, 2.75) is 40.2 Å². The van der Waals surface area contributed by atoms with Gasteiger partial charge in [-0.2, -0.15) is 0 Å². The highest BCUT2D eigenvalue weighted by Gasteiger charge is 2.14. The van der Waals surface area contributed by atoms with Gasteiger partial charge in [-0.15, -0.1) is 0 Å². The van der Waals surface area contributed by atoms with E-state index in [4.69, 9.17) is 9.47 Å². The number of rotatable bonds is 9. The maximum absolute atomic E-state index is 9.25. The van der Waals surface area contributed by atoms with Gasteiger partial charge >= 0.3 is 0 Å². The first-order chi connectivity index (χ1) is 12.1. The van der Waals surface area contributed by atoms with Crippen LogP contribution in [0.5, 0.6) is 11.5 Å². The zero-order valence-corrected chi connectivity index (χ0v) is 15.5. The van der Waals surface area contributed by atoms with Crippen LogP contribution in [0.1, 0.15) is 39.2 Å². The first-order valence-corrected chi connectivity index (χ1v) is 9.14. The molecular weight excluding hydrogens is 318 g/mol. The van der Waals surface area contributed by atoms with Crippen LogP contribution in [0.3, 0.4) is 0 Å². The molecule has 0 fully saturated rings. The van der Waals surface area contributed by atoms with Gasteiger partial charge < -0.3 is 25.2 Å². The molecule has 1 heterocycles. The van der Waals surface area contributed by atoms with Crippen molar-refractivity contribution in [2.75, 3.05) is 26.5 Å². The SMILES string of the molecule is CCNC(=NCc1ccc2c(c1)OCO2)NCC(CCO)CC(C)C. The molecule has 0 radical (unpaired) electrons. The summed E-state index contributed by atoms with van der Waals surface area (Å²) in [5.74, 6) is 3.43. The van der Waals surface area contributed by atoms with Crippen molar-refractivity contribution >= 4 is 5.96 Å². The topological polar surface area (TPSA) is 75.1 Å². The molecule has 3 N–H and O–H groups in total. The lowest BCUT2D eigenvalue weighted by atomic mass is 9.94. The third kappa shape index (κ3) is 6.46. The van der Waals surface area contributed by atoms with Crippen LogP contribution < -0.4 is 20.1 Å². The highest BCUT2D eigenvalue weighted by atomic mass is 16.7. The van der Waals surface area contributed by atoms with Crippen molar-refractivity contribution in [3.8, 4) is 11.5 Å². The lowest BCUT2D eigenvalue weighted by Crippen LogP contribution is -2.40. The smallest absolute Gasteiger partial charge is 0.231 e. The van der Waals surface area contributed by atoms with E-state index in [1.54, 1.807) is 0 Å². The van der Waals surface area contributed by atoms with Gasteiger partial charge in [0.25, 0.3) is 0 Å². The molecule has 0 amide bonds. The largest absolute Gasteiger partial charge is 0.454 e. The van der Waals surface area contributed by atoms with Gasteiger partial charge in [0.2, 0.25) is 6.79 Å². The second kappa shape index (κ2) is 10.1. The van der Waals surface area contributed by atoms with E-state index in [0.717, 1.165) is 49.0 Å². The number of nitrogens with one attached hydrogen (secondary N) is 2. The lowest BCUT2D eigenvalue weighted by Gasteiger charge is -2.20. The average molecular weight is 349 g/mol. The molecule has 140 valence electrons. The van der Waals surface area contributed by atoms with Crippen LogP contribution in [0.2, 0.25) is 0 Å². The Morgan fingerprint density at radius 3 is 2.76 bits per heavy atom. The minimum atomic E-state index is 0.226. The summed E-state index contributed by atoms with van der Waals surface area (Å²) >= 11 is 0. The Morgan fingerprint density at radius 1 is 1.24 bits per heavy atom. The first-order valence-electron chi connectivity index (χ1n) is 9.14. The monoisotopic (exact) mass is 349 g/mol. The Balaban J connectivity index is 1.93. The molecule has 0 saturated heterocycles. The maximum atomic E-state index is 9.25. The van der Waals surface area contributed by atoms with Gasteiger partial charge in [0, 0.05) is 19.7 Å². The Bertz CT molecular complexity index is 561. The summed E-state index contributed by atoms with van der Waals surface area (Å²) in [4.78, 5) is 4.66. The van der Waals surface area contributed by atoms with E-state index in [9.17, 15) is 5.11 Å². The van der Waals surface area contributed by atoms with E-state index in [1.165, 1.54) is 0 Å². The predicted molar refractivity (Wildman–Crippen MR) is 100 cm³/mol. The molecule has 0 bridgehead atoms. The van der Waals surface area contributed by atoms with Crippen molar-refractivity contribution in [2.24, 2.45) is 16.8 Å². The van der Waals surface area contributed by atoms with Gasteiger partial charge in [-0.3, -0.25) is 0 Å². The van der Waals surface area contributed by atoms with E-state index in [-0.39, 0.29) is 13.4 Å². The number of ether oxygens (including phenoxy) is 2. The van der Waals surface area contributed by atoms with Crippen LogP contribution in [0.15, 0.2) is 23.2 Å². The molecule has 1 aromatic rings. The minimum absolute atomic E-state index is 0.226. The number of fused-ring (bicyclic) bond motifs is 1. The Labute approximate surface area is 150 Å². The molecule has 2 rings (SSSR count). The maximum Gasteiger partial charge on any atom is 0.231 e. The molecule has 1 aromatic carbocycles. The van der Waals surface area contributed by atoms with Gasteiger partial charge in [-0.05, 0) is 49.3 Å². The summed E-state index contributed by atoms with van der Waals surface area (Å²) in [5, 5.41) is 15.9. The number of guanidine groups is 1. The van der Waals surface area contributed by atoms with Crippen LogP contribution in [-0.4, -0.2) is 37.6 Å². The molecule has 1 aliphatic heterocycles. The second-order valence-corrected chi connectivity index (χ2v) is 6.77. The van der Waals surface area contributed by atoms with Gasteiger partial charge in [0.15, 0.2) is 17.5 Å². The van der Waals surface area contributed by atoms with Crippen molar-refractivity contribution in [1.29, 1.82) is 0 Å². The van der Waals surface area contributed by atoms with Gasteiger partial charge in [0.05, 0.1) is 6.54 Å². The molecule has 1 aliphatic rings. The Kier molecular flexibility index (Phi) is 7.85. The Hall–Kier alpha value is -1.95. The molecule has 6 nitrogen and oxygen atoms in total. The van der Waals surface area contributed by atoms with Crippen molar-refractivity contribution in [3.05, 3.63) is 23.8 Å². The molecule has 0 saturated carbocycles. The molecule has 0 aromatic heterocycles. The highest BCUT2D eigenvalue weighted by molar-refractivity contribution is 5.79. The van der Waals surface area contributed by atoms with Crippen LogP contribution >= 0.6 is 0 Å². The van der Waals surface area contributed by atoms with E-state index < -0.39 is 0 Å². The van der Waals surface area contributed by atoms with Gasteiger partial charge in [0.1, 0.15) is 0 Å². The number of aliphatic imine (C=N–C) groups is 1. The summed E-state index contributed by atoms with van der Waals surface area (Å²) in [5.41, 5.74) is 1.08. The third-order valence-corrected chi connectivity index (χ3v) is 4.10. The van der Waals surface area contributed by atoms with Gasteiger partial charge in [-0.1, -0.05) is 19.9 Å². The summed E-state index contributed by atoms with van der Waals surface area (Å²) in [6, 6.07) is 5.91. The van der Waals surface area contributed by atoms with Crippen molar-refractivity contribution in [1.82, 2.24) is 10.6 Å². The van der Waals surface area contributed by atoms with E-state index in [0.29, 0.717) is 18.4 Å². The molecule has 6 heteroatoms. The third-order valence-electron chi connectivity index (χ3n) is 4.10. The fraction of sp³-hybridized carbons (Fsp3) is 0.632. The minimum Gasteiger partial charge on any atom is -0.454 e. The normalized spacial score (nSPS) is 14.7. The van der Waals surface area contributed by atoms with Crippen LogP contribution in [0, 0.1) is 11.8 Å². The van der Waals surface area contributed by atoms with Crippen LogP contribution in [-0.2, 0) is 6.54 Å². The fourth-order valence-corrected chi connectivity index (χ4v) is 2.94. The average Bonchev–Trinajstić information content (AvgIpc) is 3.04. The van der Waals surface area contributed by atoms with Crippen LogP contribution in [0.25, 0.3) is 0 Å². The van der Waals surface area contributed by atoms with E-state index in [2.05, 4.69) is 36.4 Å². The van der Waals surface area contributed by atoms with E-state index in [1.807, 2.05) is 18.2 Å². The molecule has 0 spiro atoms. The number of hydrogen-bond donors (Lipinski definition) is 3. The molecular formula is C19H31N3O3. The fourth-order valence-electron chi connectivity index (χ4n) is 2.94. The van der Waals surface area contributed by atoms with Gasteiger partial charge in [-0.25, -0.2) is 4.99 Å². The first kappa shape index (κ1) is 19.4. The standard InChI is InChI=1S/C19H31N3O3/c1-4-20-19(22-12-16(7-8-23)9-14(2)3)21-11-15-5-6-17-18(10-15)25-13-24-17/h5-6,10,14,16,23H,4,7-9,11-13H2,1-3H3,(H2,20,21,22). The zero-order valence-electron chi connectivity index (χ0n) is 15.5. The summed E-state index contributed by atoms with van der Waals surface area (Å²) in [7, 11) is 0. The van der Waals surface area contributed by atoms with Crippen molar-refractivity contribution in [3.63, 3.8) is 0 Å². The number of benzene rings is 1. The van der Waals surface area contributed by atoms with Crippen molar-refractivity contribution < 1.29 is 14.6 Å². The van der Waals surface area contributed by atoms with E-state index >= 15 is 0 Å². The zero-order chi connectivity index (χ0) is 18.1. The summed E-state index contributed by atoms with van der Waals surface area (Å²) < 4.78 is 10.7. The lowest BCUT2D eigenvalue weighted by molar-refractivity contribution is 0.174. The predicted octanol–water partition coefficient (Wildman–Crippen LogP) is 2.52. The van der Waals surface area contributed by atoms with Crippen LogP contribution in [0.4, 0.5) is 0 Å². The highest BCUT2D eigenvalue weighted by Crippen LogP contribution is 2.32. The number of aliphatic hydroxyl groups excluding tert-OH is 1. The Morgan fingerprint density at radius 2 is 2.04 bits per heavy atom. The second-order valence-electron chi connectivity index (χ2n) is 6.77. The molecule has 25 heavy (non-hydrogen) atoms. The molecule has 0 aliphatic carbocycles. The number of hydrogen-bond acceptors (Lipinski definition) is 4. The summed E-state index contributed by atoms with van der Waals surface area (Å²) in [6.45, 7) is 9.18.